The van der Waals surface area contributed by atoms with E-state index < -0.39 is 5.97 Å². The topological polar surface area (TPSA) is 52.2 Å². The van der Waals surface area contributed by atoms with Crippen LogP contribution in [-0.2, 0) is 11.2 Å². The average Bonchev–Trinajstić information content (AvgIpc) is 2.43. The van der Waals surface area contributed by atoms with Crippen LogP contribution < -0.4 is 10.4 Å². The molecule has 0 radical (unpaired) electrons. The minimum atomic E-state index is -1.18. The molecule has 1 N–H and O–H groups in total. The lowest BCUT2D eigenvalue weighted by Gasteiger charge is -2.15. The zero-order valence-corrected chi connectivity index (χ0v) is 15.8. The van der Waals surface area contributed by atoms with Gasteiger partial charge in [0.15, 0.2) is 0 Å². The largest absolute Gasteiger partial charge is 0.550 e. The van der Waals surface area contributed by atoms with Crippen LogP contribution in [0.4, 0.5) is 5.69 Å². The zero-order chi connectivity index (χ0) is 16.3. The van der Waals surface area contributed by atoms with Gasteiger partial charge in [0.25, 0.3) is 0 Å². The lowest BCUT2D eigenvalue weighted by atomic mass is 10.0. The number of carbonyl (C=O) groups excluding carboxylic acids is 1. The summed E-state index contributed by atoms with van der Waals surface area (Å²) < 4.78 is 1.53. The number of rotatable bonds is 4. The van der Waals surface area contributed by atoms with Gasteiger partial charge in [-0.3, -0.25) is 0 Å². The highest BCUT2D eigenvalue weighted by Gasteiger charge is 2.13. The smallest absolute Gasteiger partial charge is 0.111 e. The van der Waals surface area contributed by atoms with Crippen molar-refractivity contribution < 1.29 is 9.90 Å². The first kappa shape index (κ1) is 17.4. The van der Waals surface area contributed by atoms with Crippen LogP contribution in [0.25, 0.3) is 0 Å². The maximum atomic E-state index is 10.9. The normalized spacial score (nSPS) is 10.3. The molecule has 0 bridgehead atoms. The Kier molecular flexibility index (Phi) is 5.97. The third-order valence-corrected chi connectivity index (χ3v) is 4.60. The van der Waals surface area contributed by atoms with E-state index in [0.717, 1.165) is 10.2 Å². The van der Waals surface area contributed by atoms with E-state index >= 15 is 0 Å². The number of halogens is 3. The van der Waals surface area contributed by atoms with E-state index in [9.17, 15) is 9.90 Å². The number of anilines is 1. The van der Waals surface area contributed by atoms with Gasteiger partial charge >= 0.3 is 0 Å². The molecule has 2 aromatic carbocycles. The molecule has 22 heavy (non-hydrogen) atoms. The van der Waals surface area contributed by atoms with E-state index in [2.05, 4.69) is 37.2 Å². The number of thiocarbonyl (C=S) groups is 1. The van der Waals surface area contributed by atoms with Crippen molar-refractivity contribution >= 4 is 72.3 Å². The third-order valence-electron chi connectivity index (χ3n) is 2.83. The van der Waals surface area contributed by atoms with Crippen LogP contribution in [0.1, 0.15) is 11.1 Å². The molecule has 0 saturated heterocycles. The molecule has 0 aliphatic carbocycles. The van der Waals surface area contributed by atoms with Crippen molar-refractivity contribution in [1.29, 1.82) is 0 Å². The molecule has 2 rings (SSSR count). The predicted octanol–water partition coefficient (Wildman–Crippen LogP) is 3.95. The molecule has 0 atom stereocenters. The molecular weight excluding hydrogens is 453 g/mol. The van der Waals surface area contributed by atoms with Crippen molar-refractivity contribution in [3.8, 4) is 0 Å². The van der Waals surface area contributed by atoms with Gasteiger partial charge in [0.1, 0.15) is 4.99 Å². The first-order valence-corrected chi connectivity index (χ1v) is 8.48. The van der Waals surface area contributed by atoms with Gasteiger partial charge in [-0.1, -0.05) is 55.7 Å². The van der Waals surface area contributed by atoms with Crippen molar-refractivity contribution in [3.63, 3.8) is 0 Å². The Balaban J connectivity index is 2.35. The molecule has 0 aliphatic heterocycles. The van der Waals surface area contributed by atoms with Gasteiger partial charge in [0, 0.05) is 37.6 Å². The van der Waals surface area contributed by atoms with Crippen molar-refractivity contribution in [2.24, 2.45) is 0 Å². The van der Waals surface area contributed by atoms with E-state index in [-0.39, 0.29) is 6.42 Å². The summed E-state index contributed by atoms with van der Waals surface area (Å²) in [6.45, 7) is 0. The number of benzene rings is 2. The van der Waals surface area contributed by atoms with E-state index in [4.69, 9.17) is 23.8 Å². The predicted molar refractivity (Wildman–Crippen MR) is 97.3 cm³/mol. The standard InChI is InChI=1S/C15H10Br2ClNO2S/c16-8-1-3-10(4-2-8)19-15(22)12-5-9(18)6-13(17)11(12)7-14(20)21/h1-6H,7H2,(H,19,22)(H,20,21)/p-1. The van der Waals surface area contributed by atoms with E-state index in [1.54, 1.807) is 12.1 Å². The van der Waals surface area contributed by atoms with Gasteiger partial charge in [-0.2, -0.15) is 0 Å². The molecule has 0 saturated carbocycles. The van der Waals surface area contributed by atoms with Crippen LogP contribution in [0.5, 0.6) is 0 Å². The van der Waals surface area contributed by atoms with E-state index in [1.165, 1.54) is 0 Å². The fourth-order valence-electron chi connectivity index (χ4n) is 1.86. The molecule has 114 valence electrons. The first-order valence-electron chi connectivity index (χ1n) is 6.11. The summed E-state index contributed by atoms with van der Waals surface area (Å²) in [4.78, 5) is 11.3. The second kappa shape index (κ2) is 7.55. The maximum Gasteiger partial charge on any atom is 0.111 e. The quantitative estimate of drug-likeness (QED) is 0.700. The van der Waals surface area contributed by atoms with Crippen LogP contribution in [-0.4, -0.2) is 11.0 Å². The lowest BCUT2D eigenvalue weighted by Crippen LogP contribution is -2.26. The average molecular weight is 463 g/mol. The van der Waals surface area contributed by atoms with Gasteiger partial charge in [-0.25, -0.2) is 0 Å². The van der Waals surface area contributed by atoms with E-state index in [1.807, 2.05) is 24.3 Å². The summed E-state index contributed by atoms with van der Waals surface area (Å²) in [5.74, 6) is -1.18. The molecule has 2 aromatic rings. The summed E-state index contributed by atoms with van der Waals surface area (Å²) >= 11 is 18.1. The monoisotopic (exact) mass is 460 g/mol. The minimum absolute atomic E-state index is 0.255. The second-order valence-corrected chi connectivity index (χ2v) is 7.04. The Morgan fingerprint density at radius 2 is 1.86 bits per heavy atom. The fourth-order valence-corrected chi connectivity index (χ4v) is 3.38. The van der Waals surface area contributed by atoms with Crippen molar-refractivity contribution in [2.75, 3.05) is 5.32 Å². The van der Waals surface area contributed by atoms with Crippen LogP contribution in [0.2, 0.25) is 5.02 Å². The number of aliphatic carboxylic acids is 1. The van der Waals surface area contributed by atoms with Crippen LogP contribution >= 0.6 is 55.7 Å². The van der Waals surface area contributed by atoms with Gasteiger partial charge in [-0.05, 0) is 42.0 Å². The Bertz CT molecular complexity index is 735. The second-order valence-electron chi connectivity index (χ2n) is 4.42. The molecule has 0 aliphatic rings. The Hall–Kier alpha value is -0.950. The highest BCUT2D eigenvalue weighted by molar-refractivity contribution is 9.10. The Labute approximate surface area is 154 Å². The van der Waals surface area contributed by atoms with Crippen LogP contribution in [0.3, 0.4) is 0 Å². The van der Waals surface area contributed by atoms with Crippen molar-refractivity contribution in [3.05, 3.63) is 61.5 Å². The highest BCUT2D eigenvalue weighted by Crippen LogP contribution is 2.27. The molecule has 3 nitrogen and oxygen atoms in total. The van der Waals surface area contributed by atoms with Gasteiger partial charge < -0.3 is 15.2 Å². The molecule has 0 heterocycles. The number of hydrogen-bond donors (Lipinski definition) is 1. The number of carbonyl (C=O) groups is 1. The highest BCUT2D eigenvalue weighted by atomic mass is 79.9. The Morgan fingerprint density at radius 3 is 2.45 bits per heavy atom. The number of carboxylic acid groups (broad SMARTS) is 1. The van der Waals surface area contributed by atoms with Crippen molar-refractivity contribution in [2.45, 2.75) is 6.42 Å². The van der Waals surface area contributed by atoms with Crippen molar-refractivity contribution in [1.82, 2.24) is 0 Å². The summed E-state index contributed by atoms with van der Waals surface area (Å²) in [5.41, 5.74) is 1.88. The van der Waals surface area contributed by atoms with Gasteiger partial charge in [-0.15, -0.1) is 0 Å². The van der Waals surface area contributed by atoms with Crippen LogP contribution in [0.15, 0.2) is 45.3 Å². The molecule has 0 fully saturated rings. The zero-order valence-electron chi connectivity index (χ0n) is 11.0. The number of hydrogen-bond acceptors (Lipinski definition) is 3. The summed E-state index contributed by atoms with van der Waals surface area (Å²) in [5, 5.41) is 14.5. The summed E-state index contributed by atoms with van der Waals surface area (Å²) in [6.07, 6.45) is -0.255. The first-order chi connectivity index (χ1) is 10.4. The molecule has 0 aromatic heterocycles. The summed E-state index contributed by atoms with van der Waals surface area (Å²) in [6, 6.07) is 10.7. The molecule has 0 spiro atoms. The SMILES string of the molecule is O=C([O-])Cc1c(Br)cc(Cl)cc1C(=S)Nc1ccc(Br)cc1. The maximum absolute atomic E-state index is 10.9. The fraction of sp³-hybridized carbons (Fsp3) is 0.0667. The van der Waals surface area contributed by atoms with E-state index in [0.29, 0.717) is 25.6 Å². The number of carboxylic acids is 1. The molecule has 0 amide bonds. The van der Waals surface area contributed by atoms with Gasteiger partial charge in [0.2, 0.25) is 0 Å². The Morgan fingerprint density at radius 1 is 1.23 bits per heavy atom. The van der Waals surface area contributed by atoms with Gasteiger partial charge in [0.05, 0.1) is 0 Å². The molecule has 0 unspecified atom stereocenters. The molecular formula is C15H9Br2ClNO2S-. The third kappa shape index (κ3) is 4.52. The summed E-state index contributed by atoms with van der Waals surface area (Å²) in [7, 11) is 0. The number of nitrogens with one attached hydrogen (secondary N) is 1. The lowest BCUT2D eigenvalue weighted by molar-refractivity contribution is -0.304. The molecule has 7 heteroatoms. The van der Waals surface area contributed by atoms with Crippen LogP contribution in [0, 0.1) is 0 Å². The minimum Gasteiger partial charge on any atom is -0.550 e.